The Hall–Kier alpha value is -1.62. The van der Waals surface area contributed by atoms with E-state index in [0.29, 0.717) is 6.54 Å². The molecular weight excluding hydrogens is 228 g/mol. The predicted octanol–water partition coefficient (Wildman–Crippen LogP) is 1.98. The quantitative estimate of drug-likeness (QED) is 0.814. The number of nitrogens with zero attached hydrogens (tertiary/aromatic N) is 3. The van der Waals surface area contributed by atoms with Crippen molar-refractivity contribution < 1.29 is 4.52 Å². The molecule has 18 heavy (non-hydrogen) atoms. The summed E-state index contributed by atoms with van der Waals surface area (Å²) in [6, 6.07) is 2.00. The van der Waals surface area contributed by atoms with Gasteiger partial charge in [0.25, 0.3) is 0 Å². The maximum atomic E-state index is 5.33. The van der Waals surface area contributed by atoms with E-state index in [2.05, 4.69) is 33.9 Å². The van der Waals surface area contributed by atoms with E-state index < -0.39 is 0 Å². The van der Waals surface area contributed by atoms with E-state index in [-0.39, 0.29) is 0 Å². The highest BCUT2D eigenvalue weighted by molar-refractivity contribution is 5.07. The van der Waals surface area contributed by atoms with Crippen molar-refractivity contribution in [3.8, 4) is 0 Å². The van der Waals surface area contributed by atoms with E-state index in [1.165, 1.54) is 0 Å². The van der Waals surface area contributed by atoms with Crippen LogP contribution in [0.25, 0.3) is 0 Å². The van der Waals surface area contributed by atoms with Crippen molar-refractivity contribution in [2.24, 2.45) is 0 Å². The van der Waals surface area contributed by atoms with Crippen LogP contribution in [-0.2, 0) is 19.5 Å². The van der Waals surface area contributed by atoms with E-state index in [1.807, 2.05) is 18.5 Å². The van der Waals surface area contributed by atoms with Crippen LogP contribution in [0.15, 0.2) is 23.0 Å². The maximum Gasteiger partial charge on any atom is 0.156 e. The van der Waals surface area contributed by atoms with E-state index >= 15 is 0 Å². The Kier molecular flexibility index (Phi) is 4.52. The van der Waals surface area contributed by atoms with Gasteiger partial charge in [-0.25, -0.2) is 4.98 Å². The lowest BCUT2D eigenvalue weighted by Gasteiger charge is -2.03. The Balaban J connectivity index is 1.99. The maximum absolute atomic E-state index is 5.33. The highest BCUT2D eigenvalue weighted by atomic mass is 16.5. The minimum absolute atomic E-state index is 0.703. The second-order valence-corrected chi connectivity index (χ2v) is 4.29. The third kappa shape index (κ3) is 3.20. The molecule has 0 radical (unpaired) electrons. The normalized spacial score (nSPS) is 11.0. The summed E-state index contributed by atoms with van der Waals surface area (Å²) in [6.07, 6.45) is 5.91. The molecule has 2 aromatic heterocycles. The van der Waals surface area contributed by atoms with E-state index in [1.54, 1.807) is 0 Å². The van der Waals surface area contributed by atoms with Gasteiger partial charge in [-0.15, -0.1) is 0 Å². The van der Waals surface area contributed by atoms with E-state index in [4.69, 9.17) is 4.52 Å². The molecule has 0 atom stereocenters. The molecule has 5 nitrogen and oxygen atoms in total. The lowest BCUT2D eigenvalue weighted by Crippen LogP contribution is -2.11. The van der Waals surface area contributed by atoms with Gasteiger partial charge in [0.1, 0.15) is 5.82 Å². The van der Waals surface area contributed by atoms with Crippen molar-refractivity contribution >= 4 is 0 Å². The van der Waals surface area contributed by atoms with Crippen molar-refractivity contribution in [3.63, 3.8) is 0 Å². The highest BCUT2D eigenvalue weighted by Crippen LogP contribution is 2.09. The van der Waals surface area contributed by atoms with E-state index in [0.717, 1.165) is 43.2 Å². The number of aryl methyl sites for hydroxylation is 1. The van der Waals surface area contributed by atoms with Gasteiger partial charge in [-0.3, -0.25) is 0 Å². The second kappa shape index (κ2) is 6.35. The molecule has 2 rings (SSSR count). The molecule has 0 bridgehead atoms. The van der Waals surface area contributed by atoms with Crippen LogP contribution in [0.1, 0.15) is 37.5 Å². The zero-order chi connectivity index (χ0) is 12.8. The van der Waals surface area contributed by atoms with Crippen molar-refractivity contribution in [2.75, 3.05) is 6.54 Å². The van der Waals surface area contributed by atoms with Gasteiger partial charge < -0.3 is 14.4 Å². The van der Waals surface area contributed by atoms with Crippen LogP contribution in [0.4, 0.5) is 0 Å². The molecule has 0 unspecified atom stereocenters. The summed E-state index contributed by atoms with van der Waals surface area (Å²) >= 11 is 0. The molecule has 2 heterocycles. The largest absolute Gasteiger partial charge is 0.359 e. The van der Waals surface area contributed by atoms with Crippen LogP contribution in [-0.4, -0.2) is 21.3 Å². The molecule has 0 saturated carbocycles. The standard InChI is InChI=1S/C13H20N4O/c1-3-5-13-15-6-7-17(13)10-12-8-11(16-18-12)9-14-4-2/h6-8,14H,3-5,9-10H2,1-2H3. The minimum Gasteiger partial charge on any atom is -0.359 e. The molecule has 0 amide bonds. The Bertz CT molecular complexity index is 475. The first-order valence-corrected chi connectivity index (χ1v) is 6.48. The van der Waals surface area contributed by atoms with Gasteiger partial charge >= 0.3 is 0 Å². The number of rotatable bonds is 7. The van der Waals surface area contributed by atoms with Crippen molar-refractivity contribution in [1.29, 1.82) is 0 Å². The fourth-order valence-corrected chi connectivity index (χ4v) is 1.87. The van der Waals surface area contributed by atoms with Gasteiger partial charge in [0, 0.05) is 31.4 Å². The van der Waals surface area contributed by atoms with Gasteiger partial charge in [-0.1, -0.05) is 19.0 Å². The van der Waals surface area contributed by atoms with Crippen molar-refractivity contribution in [3.05, 3.63) is 35.7 Å². The second-order valence-electron chi connectivity index (χ2n) is 4.29. The third-order valence-electron chi connectivity index (χ3n) is 2.77. The number of nitrogens with one attached hydrogen (secondary N) is 1. The zero-order valence-corrected chi connectivity index (χ0v) is 11.0. The smallest absolute Gasteiger partial charge is 0.156 e. The molecular formula is C13H20N4O. The summed E-state index contributed by atoms with van der Waals surface area (Å²) < 4.78 is 7.44. The van der Waals surface area contributed by atoms with Crippen LogP contribution >= 0.6 is 0 Å². The summed E-state index contributed by atoms with van der Waals surface area (Å²) in [5, 5.41) is 7.27. The number of imidazole rings is 1. The minimum atomic E-state index is 0.703. The molecule has 5 heteroatoms. The average Bonchev–Trinajstić information content (AvgIpc) is 2.98. The summed E-state index contributed by atoms with van der Waals surface area (Å²) in [4.78, 5) is 4.35. The predicted molar refractivity (Wildman–Crippen MR) is 69.2 cm³/mol. The van der Waals surface area contributed by atoms with Gasteiger partial charge in [-0.2, -0.15) is 0 Å². The zero-order valence-electron chi connectivity index (χ0n) is 11.0. The Morgan fingerprint density at radius 3 is 3.06 bits per heavy atom. The van der Waals surface area contributed by atoms with Gasteiger partial charge in [0.2, 0.25) is 0 Å². The number of hydrogen-bond acceptors (Lipinski definition) is 4. The van der Waals surface area contributed by atoms with Crippen LogP contribution in [0.5, 0.6) is 0 Å². The molecule has 0 aliphatic rings. The first-order chi connectivity index (χ1) is 8.83. The monoisotopic (exact) mass is 248 g/mol. The molecule has 98 valence electrons. The van der Waals surface area contributed by atoms with Crippen LogP contribution < -0.4 is 5.32 Å². The van der Waals surface area contributed by atoms with Crippen molar-refractivity contribution in [1.82, 2.24) is 20.0 Å². The number of aromatic nitrogens is 3. The number of hydrogen-bond donors (Lipinski definition) is 1. The van der Waals surface area contributed by atoms with Gasteiger partial charge in [0.15, 0.2) is 5.76 Å². The van der Waals surface area contributed by atoms with Gasteiger partial charge in [0.05, 0.1) is 12.2 Å². The van der Waals surface area contributed by atoms with Crippen LogP contribution in [0.3, 0.4) is 0 Å². The average molecular weight is 248 g/mol. The van der Waals surface area contributed by atoms with E-state index in [9.17, 15) is 0 Å². The summed E-state index contributed by atoms with van der Waals surface area (Å²) in [5.74, 6) is 1.97. The Morgan fingerprint density at radius 2 is 2.28 bits per heavy atom. The lowest BCUT2D eigenvalue weighted by molar-refractivity contribution is 0.367. The summed E-state index contributed by atoms with van der Waals surface area (Å²) in [6.45, 7) is 6.62. The molecule has 1 N–H and O–H groups in total. The fraction of sp³-hybridized carbons (Fsp3) is 0.538. The molecule has 0 aliphatic carbocycles. The molecule has 2 aromatic rings. The SMILES string of the molecule is CCCc1nccn1Cc1cc(CNCC)no1. The first kappa shape index (κ1) is 12.8. The summed E-state index contributed by atoms with van der Waals surface area (Å²) in [5.41, 5.74) is 0.948. The fourth-order valence-electron chi connectivity index (χ4n) is 1.87. The molecule has 0 fully saturated rings. The van der Waals surface area contributed by atoms with Gasteiger partial charge in [-0.05, 0) is 13.0 Å². The van der Waals surface area contributed by atoms with Crippen LogP contribution in [0.2, 0.25) is 0 Å². The Morgan fingerprint density at radius 1 is 1.39 bits per heavy atom. The lowest BCUT2D eigenvalue weighted by atomic mass is 10.3. The van der Waals surface area contributed by atoms with Crippen LogP contribution in [0, 0.1) is 0 Å². The molecule has 0 spiro atoms. The summed E-state index contributed by atoms with van der Waals surface area (Å²) in [7, 11) is 0. The Labute approximate surface area is 107 Å². The first-order valence-electron chi connectivity index (χ1n) is 6.48. The molecule has 0 aliphatic heterocycles. The topological polar surface area (TPSA) is 55.9 Å². The molecule has 0 saturated heterocycles. The third-order valence-corrected chi connectivity index (χ3v) is 2.77. The molecule has 0 aromatic carbocycles. The van der Waals surface area contributed by atoms with Crippen molar-refractivity contribution in [2.45, 2.75) is 39.8 Å². The highest BCUT2D eigenvalue weighted by Gasteiger charge is 2.07.